The first-order valence-electron chi connectivity index (χ1n) is 8.43. The van der Waals surface area contributed by atoms with Crippen molar-refractivity contribution in [3.63, 3.8) is 0 Å². The molecule has 1 amide bonds. The minimum Gasteiger partial charge on any atom is -0.480 e. The molecule has 27 heavy (non-hydrogen) atoms. The molecule has 1 aliphatic rings. The number of nitrogens with one attached hydrogen (secondary N) is 1. The number of nitrogens with zero attached hydrogens (tertiary/aromatic N) is 1. The lowest BCUT2D eigenvalue weighted by Crippen LogP contribution is -2.41. The number of rotatable bonds is 8. The highest BCUT2D eigenvalue weighted by Gasteiger charge is 2.32. The van der Waals surface area contributed by atoms with Gasteiger partial charge in [0.15, 0.2) is 0 Å². The van der Waals surface area contributed by atoms with E-state index in [9.17, 15) is 23.1 Å². The molecule has 144 valence electrons. The van der Waals surface area contributed by atoms with Gasteiger partial charge in [-0.25, -0.2) is 8.42 Å². The maximum absolute atomic E-state index is 12.9. The van der Waals surface area contributed by atoms with Crippen molar-refractivity contribution in [3.05, 3.63) is 35.9 Å². The molecule has 1 aliphatic heterocycles. The highest BCUT2D eigenvalue weighted by Crippen LogP contribution is 2.39. The second-order valence-corrected chi connectivity index (χ2v) is 8.82. The van der Waals surface area contributed by atoms with Crippen LogP contribution in [0.3, 0.4) is 0 Å². The van der Waals surface area contributed by atoms with E-state index in [1.807, 2.05) is 13.2 Å². The van der Waals surface area contributed by atoms with Gasteiger partial charge in [-0.15, -0.1) is 0 Å². The van der Waals surface area contributed by atoms with Crippen LogP contribution in [-0.4, -0.2) is 50.0 Å². The van der Waals surface area contributed by atoms with Crippen LogP contribution in [0.15, 0.2) is 35.2 Å². The number of carboxylic acids is 1. The van der Waals surface area contributed by atoms with Crippen molar-refractivity contribution < 1.29 is 23.1 Å². The summed E-state index contributed by atoms with van der Waals surface area (Å²) in [5.74, 6) is -0.863. The summed E-state index contributed by atoms with van der Waals surface area (Å²) in [6.07, 6.45) is 2.01. The predicted molar refractivity (Wildman–Crippen MR) is 106 cm³/mol. The largest absolute Gasteiger partial charge is 0.480 e. The quantitative estimate of drug-likeness (QED) is 0.695. The smallest absolute Gasteiger partial charge is 0.321 e. The summed E-state index contributed by atoms with van der Waals surface area (Å²) in [6, 6.07) is 6.78. The molecule has 2 N–H and O–H groups in total. The minimum atomic E-state index is -4.08. The highest BCUT2D eigenvalue weighted by atomic mass is 32.2. The normalized spacial score (nSPS) is 14.7. The number of anilines is 1. The summed E-state index contributed by atoms with van der Waals surface area (Å²) in [7, 11) is -4.08. The van der Waals surface area contributed by atoms with Crippen molar-refractivity contribution in [1.29, 1.82) is 0 Å². The molecule has 1 unspecified atom stereocenters. The fourth-order valence-corrected chi connectivity index (χ4v) is 5.19. The highest BCUT2D eigenvalue weighted by molar-refractivity contribution is 7.98. The third-order valence-electron chi connectivity index (χ3n) is 4.56. The van der Waals surface area contributed by atoms with E-state index >= 15 is 0 Å². The molecule has 2 aromatic carbocycles. The third-order valence-corrected chi connectivity index (χ3v) is 6.73. The molecule has 2 aromatic rings. The van der Waals surface area contributed by atoms with Crippen LogP contribution in [0, 0.1) is 0 Å². The van der Waals surface area contributed by atoms with Gasteiger partial charge in [-0.05, 0) is 43.6 Å². The van der Waals surface area contributed by atoms with Gasteiger partial charge in [-0.2, -0.15) is 16.5 Å². The summed E-state index contributed by atoms with van der Waals surface area (Å²) in [6.45, 7) is 2.33. The molecule has 0 aromatic heterocycles. The molecular formula is C18H20N2O5S2. The average Bonchev–Trinajstić information content (AvgIpc) is 2.91. The molecule has 3 rings (SSSR count). The van der Waals surface area contributed by atoms with E-state index in [1.165, 1.54) is 17.8 Å². The Labute approximate surface area is 161 Å². The maximum Gasteiger partial charge on any atom is 0.321 e. The zero-order valence-electron chi connectivity index (χ0n) is 14.9. The van der Waals surface area contributed by atoms with E-state index in [1.54, 1.807) is 29.2 Å². The molecule has 1 heterocycles. The fraction of sp³-hybridized carbons (Fsp3) is 0.333. The number of hydrogen-bond donors (Lipinski definition) is 2. The van der Waals surface area contributed by atoms with E-state index in [0.717, 1.165) is 0 Å². The number of carbonyl (C=O) groups excluding carboxylic acids is 1. The van der Waals surface area contributed by atoms with Crippen molar-refractivity contribution in [3.8, 4) is 0 Å². The topological polar surface area (TPSA) is 104 Å². The fourth-order valence-electron chi connectivity index (χ4n) is 3.29. The standard InChI is InChI=1S/C18H20N2O5S2/c1-3-20-14-7-8-15(11-5-4-6-12(16(11)14)17(20)21)27(24,25)19-13(18(22)23)9-10-26-2/h4-8,13,19H,3,9-10H2,1-2H3,(H,22,23). The Morgan fingerprint density at radius 2 is 2.04 bits per heavy atom. The van der Waals surface area contributed by atoms with Gasteiger partial charge in [0.2, 0.25) is 10.0 Å². The maximum atomic E-state index is 12.9. The number of carbonyl (C=O) groups is 2. The molecule has 0 spiro atoms. The first kappa shape index (κ1) is 19.7. The van der Waals surface area contributed by atoms with Crippen LogP contribution in [0.1, 0.15) is 23.7 Å². The molecule has 1 atom stereocenters. The van der Waals surface area contributed by atoms with Gasteiger partial charge in [-0.1, -0.05) is 12.1 Å². The Bertz CT molecular complexity index is 1020. The van der Waals surface area contributed by atoms with Crippen molar-refractivity contribution in [2.75, 3.05) is 23.5 Å². The van der Waals surface area contributed by atoms with E-state index in [4.69, 9.17) is 0 Å². The predicted octanol–water partition coefficient (Wildman–Crippen LogP) is 2.30. The summed E-state index contributed by atoms with van der Waals surface area (Å²) in [4.78, 5) is 25.5. The zero-order chi connectivity index (χ0) is 19.8. The lowest BCUT2D eigenvalue weighted by Gasteiger charge is -2.17. The van der Waals surface area contributed by atoms with Crippen LogP contribution in [0.2, 0.25) is 0 Å². The number of benzene rings is 2. The Kier molecular flexibility index (Phi) is 5.45. The Balaban J connectivity index is 2.09. The molecule has 0 aliphatic carbocycles. The summed E-state index contributed by atoms with van der Waals surface area (Å²) < 4.78 is 28.1. The lowest BCUT2D eigenvalue weighted by molar-refractivity contribution is -0.139. The summed E-state index contributed by atoms with van der Waals surface area (Å²) in [5.41, 5.74) is 1.13. The van der Waals surface area contributed by atoms with Gasteiger partial charge in [0, 0.05) is 22.9 Å². The molecule has 0 saturated carbocycles. The number of thioether (sulfide) groups is 1. The molecule has 0 radical (unpaired) electrons. The van der Waals surface area contributed by atoms with Gasteiger partial charge in [0.05, 0.1) is 10.6 Å². The molecular weight excluding hydrogens is 388 g/mol. The Morgan fingerprint density at radius 1 is 1.30 bits per heavy atom. The second-order valence-electron chi connectivity index (χ2n) is 6.15. The molecule has 9 heteroatoms. The monoisotopic (exact) mass is 408 g/mol. The Morgan fingerprint density at radius 3 is 2.67 bits per heavy atom. The Hall–Kier alpha value is -2.10. The average molecular weight is 409 g/mol. The summed E-state index contributed by atoms with van der Waals surface area (Å²) >= 11 is 1.45. The zero-order valence-corrected chi connectivity index (χ0v) is 16.6. The number of amides is 1. The van der Waals surface area contributed by atoms with Crippen molar-refractivity contribution in [2.45, 2.75) is 24.3 Å². The number of hydrogen-bond acceptors (Lipinski definition) is 5. The van der Waals surface area contributed by atoms with Gasteiger partial charge >= 0.3 is 5.97 Å². The third kappa shape index (κ3) is 3.42. The molecule has 0 bridgehead atoms. The van der Waals surface area contributed by atoms with Crippen LogP contribution < -0.4 is 9.62 Å². The molecule has 0 fully saturated rings. The van der Waals surface area contributed by atoms with Crippen LogP contribution in [0.25, 0.3) is 10.8 Å². The van der Waals surface area contributed by atoms with E-state index in [0.29, 0.717) is 34.3 Å². The SMILES string of the molecule is CCN1C(=O)c2cccc3c(S(=O)(=O)NC(CCSC)C(=O)O)ccc1c23. The van der Waals surface area contributed by atoms with Gasteiger partial charge in [-0.3, -0.25) is 9.59 Å². The molecule has 7 nitrogen and oxygen atoms in total. The van der Waals surface area contributed by atoms with Crippen molar-refractivity contribution in [1.82, 2.24) is 4.72 Å². The first-order valence-corrected chi connectivity index (χ1v) is 11.3. The second kappa shape index (κ2) is 7.49. The van der Waals surface area contributed by atoms with E-state index < -0.39 is 22.0 Å². The number of sulfonamides is 1. The van der Waals surface area contributed by atoms with Crippen LogP contribution in [0.4, 0.5) is 5.69 Å². The molecule has 0 saturated heterocycles. The van der Waals surface area contributed by atoms with Gasteiger partial charge < -0.3 is 10.0 Å². The summed E-state index contributed by atoms with van der Waals surface area (Å²) in [5, 5.41) is 10.3. The minimum absolute atomic E-state index is 0.0238. The van der Waals surface area contributed by atoms with E-state index in [-0.39, 0.29) is 17.2 Å². The number of carboxylic acid groups (broad SMARTS) is 1. The number of aliphatic carboxylic acids is 1. The van der Waals surface area contributed by atoms with E-state index in [2.05, 4.69) is 4.72 Å². The van der Waals surface area contributed by atoms with Crippen LogP contribution >= 0.6 is 11.8 Å². The lowest BCUT2D eigenvalue weighted by atomic mass is 10.1. The van der Waals surface area contributed by atoms with Crippen LogP contribution in [0.5, 0.6) is 0 Å². The van der Waals surface area contributed by atoms with Crippen molar-refractivity contribution in [2.24, 2.45) is 0 Å². The van der Waals surface area contributed by atoms with Crippen molar-refractivity contribution >= 4 is 50.1 Å². The van der Waals surface area contributed by atoms with Crippen LogP contribution in [-0.2, 0) is 14.8 Å². The van der Waals surface area contributed by atoms with Gasteiger partial charge in [0.25, 0.3) is 5.91 Å². The first-order chi connectivity index (χ1) is 12.8. The van der Waals surface area contributed by atoms with Gasteiger partial charge in [0.1, 0.15) is 6.04 Å².